The van der Waals surface area contributed by atoms with Crippen LogP contribution in [0.5, 0.6) is 5.75 Å². The highest BCUT2D eigenvalue weighted by molar-refractivity contribution is 6.06. The molecular weight excluding hydrogens is 398 g/mol. The molecule has 0 unspecified atom stereocenters. The monoisotopic (exact) mass is 418 g/mol. The Morgan fingerprint density at radius 3 is 2.14 bits per heavy atom. The van der Waals surface area contributed by atoms with Crippen LogP contribution in [0, 0.1) is 17.5 Å². The lowest BCUT2D eigenvalue weighted by Gasteiger charge is -2.15. The van der Waals surface area contributed by atoms with Crippen LogP contribution < -0.4 is 4.74 Å². The van der Waals surface area contributed by atoms with Gasteiger partial charge >= 0.3 is 6.18 Å². The van der Waals surface area contributed by atoms with Crippen LogP contribution in [0.15, 0.2) is 16.5 Å². The van der Waals surface area contributed by atoms with Crippen molar-refractivity contribution in [3.8, 4) is 5.75 Å². The SMILES string of the molecule is CCCCCOc1cc2oc3cc(CCC)c(F)c(F)c3c2c(F)c1C(F)(F)F. The van der Waals surface area contributed by atoms with Gasteiger partial charge in [0.15, 0.2) is 17.5 Å². The molecule has 0 saturated heterocycles. The Labute approximate surface area is 163 Å². The fourth-order valence-electron chi connectivity index (χ4n) is 3.37. The van der Waals surface area contributed by atoms with Gasteiger partial charge in [0.05, 0.1) is 17.4 Å². The number of ether oxygens (including phenoxy) is 1. The molecule has 2 aromatic carbocycles. The number of halogens is 6. The van der Waals surface area contributed by atoms with Gasteiger partial charge in [-0.15, -0.1) is 0 Å². The summed E-state index contributed by atoms with van der Waals surface area (Å²) in [6.07, 6.45) is -2.30. The zero-order valence-corrected chi connectivity index (χ0v) is 16.0. The molecule has 1 aromatic heterocycles. The van der Waals surface area contributed by atoms with Crippen LogP contribution in [0.25, 0.3) is 21.9 Å². The van der Waals surface area contributed by atoms with E-state index < -0.39 is 45.7 Å². The van der Waals surface area contributed by atoms with E-state index in [2.05, 4.69) is 0 Å². The minimum atomic E-state index is -5.08. The summed E-state index contributed by atoms with van der Waals surface area (Å²) in [6.45, 7) is 3.64. The maximum absolute atomic E-state index is 15.0. The van der Waals surface area contributed by atoms with Gasteiger partial charge in [-0.05, 0) is 24.5 Å². The molecule has 0 fully saturated rings. The molecule has 0 aliphatic heterocycles. The Morgan fingerprint density at radius 1 is 0.862 bits per heavy atom. The Morgan fingerprint density at radius 2 is 1.52 bits per heavy atom. The zero-order chi connectivity index (χ0) is 21.3. The molecule has 0 saturated carbocycles. The molecule has 0 bridgehead atoms. The Bertz CT molecular complexity index is 1040. The van der Waals surface area contributed by atoms with Crippen molar-refractivity contribution in [2.24, 2.45) is 0 Å². The average molecular weight is 418 g/mol. The van der Waals surface area contributed by atoms with Gasteiger partial charge in [-0.2, -0.15) is 13.2 Å². The van der Waals surface area contributed by atoms with Crippen LogP contribution >= 0.6 is 0 Å². The van der Waals surface area contributed by atoms with Crippen molar-refractivity contribution in [2.75, 3.05) is 6.61 Å². The van der Waals surface area contributed by atoms with E-state index in [0.717, 1.165) is 18.9 Å². The van der Waals surface area contributed by atoms with E-state index in [0.29, 0.717) is 12.8 Å². The second kappa shape index (κ2) is 8.16. The first-order valence-corrected chi connectivity index (χ1v) is 9.46. The number of fused-ring (bicyclic) bond motifs is 3. The van der Waals surface area contributed by atoms with E-state index in [1.807, 2.05) is 6.92 Å². The normalized spacial score (nSPS) is 12.3. The number of aryl methyl sites for hydroxylation is 1. The smallest absolute Gasteiger partial charge is 0.422 e. The van der Waals surface area contributed by atoms with E-state index in [-0.39, 0.29) is 29.8 Å². The van der Waals surface area contributed by atoms with Crippen LogP contribution in [0.1, 0.15) is 50.7 Å². The summed E-state index contributed by atoms with van der Waals surface area (Å²) in [6, 6.07) is 2.09. The number of hydrogen-bond acceptors (Lipinski definition) is 2. The molecular formula is C21H20F6O2. The Hall–Kier alpha value is -2.38. The maximum atomic E-state index is 15.0. The summed E-state index contributed by atoms with van der Waals surface area (Å²) >= 11 is 0. The highest BCUT2D eigenvalue weighted by atomic mass is 19.4. The summed E-state index contributed by atoms with van der Waals surface area (Å²) < 4.78 is 95.1. The zero-order valence-electron chi connectivity index (χ0n) is 16.0. The molecule has 0 spiro atoms. The molecule has 3 aromatic rings. The Balaban J connectivity index is 2.26. The third-order valence-electron chi connectivity index (χ3n) is 4.72. The lowest BCUT2D eigenvalue weighted by atomic mass is 10.0. The molecule has 2 nitrogen and oxygen atoms in total. The van der Waals surface area contributed by atoms with Gasteiger partial charge in [0.1, 0.15) is 22.5 Å². The average Bonchev–Trinajstić information content (AvgIpc) is 3.00. The van der Waals surface area contributed by atoms with E-state index in [9.17, 15) is 26.3 Å². The van der Waals surface area contributed by atoms with Crippen LogP contribution in [0.4, 0.5) is 26.3 Å². The largest absolute Gasteiger partial charge is 0.493 e. The first kappa shape index (κ1) is 21.3. The minimum Gasteiger partial charge on any atom is -0.493 e. The lowest BCUT2D eigenvalue weighted by Crippen LogP contribution is -2.12. The Kier molecular flexibility index (Phi) is 6.00. The first-order valence-electron chi connectivity index (χ1n) is 9.46. The third-order valence-corrected chi connectivity index (χ3v) is 4.72. The molecule has 29 heavy (non-hydrogen) atoms. The van der Waals surface area contributed by atoms with Gasteiger partial charge in [-0.1, -0.05) is 33.1 Å². The molecule has 0 N–H and O–H groups in total. The van der Waals surface area contributed by atoms with Gasteiger partial charge in [0.25, 0.3) is 0 Å². The van der Waals surface area contributed by atoms with E-state index in [1.165, 1.54) is 6.07 Å². The van der Waals surface area contributed by atoms with Crippen molar-refractivity contribution < 1.29 is 35.5 Å². The standard InChI is InChI=1S/C21H20F6O2/c1-3-5-6-8-28-14-10-13-15(19(23)17(14)21(25,26)27)16-12(29-13)9-11(7-4-2)18(22)20(16)24/h9-10H,3-8H2,1-2H3. The first-order chi connectivity index (χ1) is 13.7. The fourth-order valence-corrected chi connectivity index (χ4v) is 3.37. The molecule has 0 aliphatic rings. The van der Waals surface area contributed by atoms with Crippen molar-refractivity contribution in [1.29, 1.82) is 0 Å². The fraction of sp³-hybridized carbons (Fsp3) is 0.429. The van der Waals surface area contributed by atoms with Crippen molar-refractivity contribution >= 4 is 21.9 Å². The summed E-state index contributed by atoms with van der Waals surface area (Å²) in [5.41, 5.74) is -2.17. The second-order valence-electron chi connectivity index (χ2n) is 6.88. The van der Waals surface area contributed by atoms with Crippen molar-refractivity contribution in [3.05, 3.63) is 40.7 Å². The number of benzene rings is 2. The van der Waals surface area contributed by atoms with E-state index in [1.54, 1.807) is 6.92 Å². The van der Waals surface area contributed by atoms with Crippen LogP contribution in [0.2, 0.25) is 0 Å². The molecule has 0 amide bonds. The highest BCUT2D eigenvalue weighted by Gasteiger charge is 2.40. The van der Waals surface area contributed by atoms with Gasteiger partial charge in [0.2, 0.25) is 0 Å². The summed E-state index contributed by atoms with van der Waals surface area (Å²) in [5, 5.41) is -1.38. The maximum Gasteiger partial charge on any atom is 0.422 e. The van der Waals surface area contributed by atoms with Gasteiger partial charge in [-0.25, -0.2) is 13.2 Å². The predicted molar refractivity (Wildman–Crippen MR) is 97.6 cm³/mol. The van der Waals surface area contributed by atoms with E-state index in [4.69, 9.17) is 9.15 Å². The number of rotatable bonds is 7. The van der Waals surface area contributed by atoms with Crippen LogP contribution in [0.3, 0.4) is 0 Å². The molecule has 3 rings (SSSR count). The second-order valence-corrected chi connectivity index (χ2v) is 6.88. The summed E-state index contributed by atoms with van der Waals surface area (Å²) in [4.78, 5) is 0. The highest BCUT2D eigenvalue weighted by Crippen LogP contribution is 2.45. The van der Waals surface area contributed by atoms with Crippen molar-refractivity contribution in [1.82, 2.24) is 0 Å². The topological polar surface area (TPSA) is 22.4 Å². The molecule has 0 atom stereocenters. The summed E-state index contributed by atoms with van der Waals surface area (Å²) in [7, 11) is 0. The molecule has 0 aliphatic carbocycles. The van der Waals surface area contributed by atoms with Gasteiger partial charge in [0, 0.05) is 6.07 Å². The molecule has 158 valence electrons. The summed E-state index contributed by atoms with van der Waals surface area (Å²) in [5.74, 6) is -5.10. The number of furan rings is 1. The van der Waals surface area contributed by atoms with E-state index >= 15 is 0 Å². The number of hydrogen-bond donors (Lipinski definition) is 0. The third kappa shape index (κ3) is 3.89. The molecule has 8 heteroatoms. The van der Waals surface area contributed by atoms with Crippen LogP contribution in [-0.2, 0) is 12.6 Å². The lowest BCUT2D eigenvalue weighted by molar-refractivity contribution is -0.141. The number of alkyl halides is 3. The minimum absolute atomic E-state index is 0.0176. The van der Waals surface area contributed by atoms with Gasteiger partial charge in [-0.3, -0.25) is 0 Å². The number of unbranched alkanes of at least 4 members (excludes halogenated alkanes) is 2. The quantitative estimate of drug-likeness (QED) is 0.292. The van der Waals surface area contributed by atoms with Gasteiger partial charge < -0.3 is 9.15 Å². The molecule has 0 radical (unpaired) electrons. The predicted octanol–water partition coefficient (Wildman–Crippen LogP) is 7.54. The van der Waals surface area contributed by atoms with Crippen molar-refractivity contribution in [3.63, 3.8) is 0 Å². The van der Waals surface area contributed by atoms with Crippen molar-refractivity contribution in [2.45, 2.75) is 52.1 Å². The molecule has 1 heterocycles. The van der Waals surface area contributed by atoms with Crippen LogP contribution in [-0.4, -0.2) is 6.61 Å².